The summed E-state index contributed by atoms with van der Waals surface area (Å²) < 4.78 is 5.31. The van der Waals surface area contributed by atoms with Crippen LogP contribution in [0.1, 0.15) is 84.5 Å². The van der Waals surface area contributed by atoms with Crippen molar-refractivity contribution in [3.8, 4) is 0 Å². The number of alkyl carbamates (subject to hydrolysis) is 1. The molecule has 0 aromatic carbocycles. The third kappa shape index (κ3) is 13.6. The van der Waals surface area contributed by atoms with Crippen LogP contribution >= 0.6 is 0 Å². The van der Waals surface area contributed by atoms with Crippen molar-refractivity contribution >= 4 is 12.1 Å². The summed E-state index contributed by atoms with van der Waals surface area (Å²) in [5.74, 6) is -0.667. The van der Waals surface area contributed by atoms with Crippen molar-refractivity contribution < 1.29 is 19.4 Å². The molecular weight excluding hydrogens is 320 g/mol. The van der Waals surface area contributed by atoms with E-state index < -0.39 is 18.1 Å². The van der Waals surface area contributed by atoms with Crippen LogP contribution in [0.4, 0.5) is 4.79 Å². The fourth-order valence-corrected chi connectivity index (χ4v) is 2.79. The predicted molar refractivity (Wildman–Crippen MR) is 101 cm³/mol. The molecule has 1 amide bonds. The van der Waals surface area contributed by atoms with E-state index in [1.807, 2.05) is 0 Å². The van der Waals surface area contributed by atoms with Gasteiger partial charge < -0.3 is 20.9 Å². The molecule has 6 heteroatoms. The molecule has 2 atom stereocenters. The van der Waals surface area contributed by atoms with E-state index in [1.165, 1.54) is 19.3 Å². The standard InChI is InChI=1S/C19H38N2O4/c1-3-5-7-8-12-16(11-6-4-2)15-25-19(24)21-17(18(22)23)13-9-10-14-20/h16-17H,3-15,20H2,1-2H3,(H,21,24)(H,22,23)/t16?,17-/m0/s1. The number of aliphatic carboxylic acids is 1. The van der Waals surface area contributed by atoms with Gasteiger partial charge in [0.1, 0.15) is 6.04 Å². The first-order valence-corrected chi connectivity index (χ1v) is 9.91. The van der Waals surface area contributed by atoms with Crippen molar-refractivity contribution in [1.29, 1.82) is 0 Å². The van der Waals surface area contributed by atoms with Gasteiger partial charge >= 0.3 is 12.1 Å². The largest absolute Gasteiger partial charge is 0.480 e. The summed E-state index contributed by atoms with van der Waals surface area (Å²) >= 11 is 0. The highest BCUT2D eigenvalue weighted by molar-refractivity contribution is 5.79. The Morgan fingerprint density at radius 3 is 2.20 bits per heavy atom. The van der Waals surface area contributed by atoms with Gasteiger partial charge in [0.15, 0.2) is 0 Å². The Kier molecular flexibility index (Phi) is 15.3. The molecule has 0 saturated carbocycles. The Balaban J connectivity index is 4.24. The number of nitrogens with one attached hydrogen (secondary N) is 1. The minimum absolute atomic E-state index is 0.364. The van der Waals surface area contributed by atoms with Crippen LogP contribution in [-0.2, 0) is 9.53 Å². The number of hydrogen-bond acceptors (Lipinski definition) is 4. The van der Waals surface area contributed by atoms with Crippen molar-refractivity contribution in [3.05, 3.63) is 0 Å². The van der Waals surface area contributed by atoms with Gasteiger partial charge in [0.2, 0.25) is 0 Å². The van der Waals surface area contributed by atoms with Crippen molar-refractivity contribution in [2.45, 2.75) is 90.5 Å². The van der Waals surface area contributed by atoms with Gasteiger partial charge in [-0.15, -0.1) is 0 Å². The van der Waals surface area contributed by atoms with Crippen molar-refractivity contribution in [2.24, 2.45) is 11.7 Å². The van der Waals surface area contributed by atoms with Crippen molar-refractivity contribution in [3.63, 3.8) is 0 Å². The van der Waals surface area contributed by atoms with Crippen LogP contribution in [0.5, 0.6) is 0 Å². The number of carboxylic acids is 1. The van der Waals surface area contributed by atoms with E-state index in [2.05, 4.69) is 19.2 Å². The highest BCUT2D eigenvalue weighted by Gasteiger charge is 2.21. The molecule has 0 bridgehead atoms. The average molecular weight is 359 g/mol. The molecule has 25 heavy (non-hydrogen) atoms. The molecule has 0 rings (SSSR count). The predicted octanol–water partition coefficient (Wildman–Crippen LogP) is 4.07. The Morgan fingerprint density at radius 1 is 0.960 bits per heavy atom. The third-order valence-electron chi connectivity index (χ3n) is 4.42. The van der Waals surface area contributed by atoms with E-state index in [4.69, 9.17) is 10.5 Å². The minimum atomic E-state index is -1.03. The van der Waals surface area contributed by atoms with Gasteiger partial charge in [0, 0.05) is 0 Å². The van der Waals surface area contributed by atoms with Crippen LogP contribution in [0.2, 0.25) is 0 Å². The highest BCUT2D eigenvalue weighted by Crippen LogP contribution is 2.18. The number of hydrogen-bond donors (Lipinski definition) is 3. The van der Waals surface area contributed by atoms with E-state index in [0.717, 1.165) is 38.5 Å². The van der Waals surface area contributed by atoms with Crippen molar-refractivity contribution in [2.75, 3.05) is 13.2 Å². The van der Waals surface area contributed by atoms with Crippen LogP contribution in [0.15, 0.2) is 0 Å². The second-order valence-electron chi connectivity index (χ2n) is 6.78. The van der Waals surface area contributed by atoms with E-state index in [1.54, 1.807) is 0 Å². The number of nitrogens with two attached hydrogens (primary N) is 1. The first-order chi connectivity index (χ1) is 12.0. The molecular formula is C19H38N2O4. The lowest BCUT2D eigenvalue weighted by molar-refractivity contribution is -0.139. The van der Waals surface area contributed by atoms with Crippen LogP contribution < -0.4 is 11.1 Å². The number of carboxylic acid groups (broad SMARTS) is 1. The molecule has 0 radical (unpaired) electrons. The van der Waals surface area contributed by atoms with Gasteiger partial charge in [-0.25, -0.2) is 9.59 Å². The summed E-state index contributed by atoms with van der Waals surface area (Å²) in [6.07, 6.45) is 10.3. The number of unbranched alkanes of at least 4 members (excludes halogenated alkanes) is 5. The molecule has 1 unspecified atom stereocenters. The number of rotatable bonds is 16. The zero-order valence-electron chi connectivity index (χ0n) is 16.1. The summed E-state index contributed by atoms with van der Waals surface area (Å²) in [5.41, 5.74) is 5.41. The summed E-state index contributed by atoms with van der Waals surface area (Å²) in [5, 5.41) is 11.6. The molecule has 6 nitrogen and oxygen atoms in total. The first-order valence-electron chi connectivity index (χ1n) is 9.91. The van der Waals surface area contributed by atoms with E-state index >= 15 is 0 Å². The van der Waals surface area contributed by atoms with Crippen molar-refractivity contribution in [1.82, 2.24) is 5.32 Å². The molecule has 0 heterocycles. The third-order valence-corrected chi connectivity index (χ3v) is 4.42. The Morgan fingerprint density at radius 2 is 1.60 bits per heavy atom. The van der Waals surface area contributed by atoms with E-state index in [9.17, 15) is 14.7 Å². The molecule has 0 aromatic heterocycles. The Hall–Kier alpha value is -1.30. The fraction of sp³-hybridized carbons (Fsp3) is 0.895. The zero-order valence-corrected chi connectivity index (χ0v) is 16.1. The minimum Gasteiger partial charge on any atom is -0.480 e. The van der Waals surface area contributed by atoms with Crippen LogP contribution in [0, 0.1) is 5.92 Å². The second-order valence-corrected chi connectivity index (χ2v) is 6.78. The molecule has 0 saturated heterocycles. The zero-order chi connectivity index (χ0) is 18.9. The lowest BCUT2D eigenvalue weighted by Crippen LogP contribution is -2.41. The van der Waals surface area contributed by atoms with E-state index in [-0.39, 0.29) is 0 Å². The molecule has 148 valence electrons. The van der Waals surface area contributed by atoms with Gasteiger partial charge in [-0.05, 0) is 44.6 Å². The van der Waals surface area contributed by atoms with Crippen LogP contribution in [0.3, 0.4) is 0 Å². The Labute approximate surface area is 152 Å². The van der Waals surface area contributed by atoms with Gasteiger partial charge in [0.25, 0.3) is 0 Å². The summed E-state index contributed by atoms with van der Waals surface area (Å²) in [7, 11) is 0. The topological polar surface area (TPSA) is 102 Å². The maximum Gasteiger partial charge on any atom is 0.407 e. The lowest BCUT2D eigenvalue weighted by atomic mass is 9.96. The van der Waals surface area contributed by atoms with Crippen LogP contribution in [0.25, 0.3) is 0 Å². The molecule has 0 fully saturated rings. The number of carbonyl (C=O) groups excluding carboxylic acids is 1. The SMILES string of the molecule is CCCCCCC(CCCC)COC(=O)N[C@@H](CCCCN)C(=O)O. The fourth-order valence-electron chi connectivity index (χ4n) is 2.79. The van der Waals surface area contributed by atoms with Crippen LogP contribution in [-0.4, -0.2) is 36.4 Å². The summed E-state index contributed by atoms with van der Waals surface area (Å²) in [6, 6.07) is -0.905. The average Bonchev–Trinajstić information content (AvgIpc) is 2.59. The summed E-state index contributed by atoms with van der Waals surface area (Å²) in [4.78, 5) is 23.1. The molecule has 4 N–H and O–H groups in total. The first kappa shape index (κ1) is 23.7. The van der Waals surface area contributed by atoms with Gasteiger partial charge in [0.05, 0.1) is 6.61 Å². The highest BCUT2D eigenvalue weighted by atomic mass is 16.5. The second kappa shape index (κ2) is 16.2. The number of carbonyl (C=O) groups is 2. The number of ether oxygens (including phenoxy) is 1. The normalized spacial score (nSPS) is 13.2. The quantitative estimate of drug-likeness (QED) is 0.361. The lowest BCUT2D eigenvalue weighted by Gasteiger charge is -2.19. The van der Waals surface area contributed by atoms with Gasteiger partial charge in [-0.3, -0.25) is 0 Å². The van der Waals surface area contributed by atoms with E-state index in [0.29, 0.717) is 31.9 Å². The van der Waals surface area contributed by atoms with Gasteiger partial charge in [-0.1, -0.05) is 52.4 Å². The molecule has 0 aliphatic rings. The smallest absolute Gasteiger partial charge is 0.407 e. The Bertz CT molecular complexity index is 350. The maximum absolute atomic E-state index is 11.9. The molecule has 0 spiro atoms. The monoisotopic (exact) mass is 358 g/mol. The molecule has 0 aliphatic carbocycles. The summed E-state index contributed by atoms with van der Waals surface area (Å²) in [6.45, 7) is 5.23. The maximum atomic E-state index is 11.9. The molecule has 0 aromatic rings. The molecule has 0 aliphatic heterocycles. The number of amides is 1. The van der Waals surface area contributed by atoms with Gasteiger partial charge in [-0.2, -0.15) is 0 Å².